The minimum absolute atomic E-state index is 0.0437. The molecule has 2 heterocycles. The van der Waals surface area contributed by atoms with Crippen molar-refractivity contribution >= 4 is 34.8 Å². The van der Waals surface area contributed by atoms with Gasteiger partial charge in [-0.05, 0) is 26.1 Å². The molecule has 128 valence electrons. The van der Waals surface area contributed by atoms with Crippen molar-refractivity contribution in [2.75, 3.05) is 39.8 Å². The summed E-state index contributed by atoms with van der Waals surface area (Å²) in [5, 5.41) is 8.80. The Balaban J connectivity index is 1.92. The lowest BCUT2D eigenvalue weighted by Crippen LogP contribution is -2.50. The number of carboxylic acid groups (broad SMARTS) is 1. The molecule has 6 nitrogen and oxygen atoms in total. The normalized spacial score (nSPS) is 19.8. The Morgan fingerprint density at radius 1 is 1.57 bits per heavy atom. The van der Waals surface area contributed by atoms with Gasteiger partial charge in [0.2, 0.25) is 5.91 Å². The highest BCUT2D eigenvalue weighted by atomic mass is 35.5. The summed E-state index contributed by atoms with van der Waals surface area (Å²) < 4.78 is 6.33. The molecule has 1 N–H and O–H groups in total. The molecule has 1 aromatic heterocycles. The number of carboxylic acids is 1. The number of hydrogen-bond acceptors (Lipinski definition) is 5. The van der Waals surface area contributed by atoms with Gasteiger partial charge in [0.15, 0.2) is 0 Å². The Morgan fingerprint density at radius 2 is 2.30 bits per heavy atom. The molecule has 1 aliphatic heterocycles. The molecule has 0 bridgehead atoms. The molecule has 1 amide bonds. The van der Waals surface area contributed by atoms with E-state index < -0.39 is 5.97 Å². The maximum Gasteiger partial charge on any atom is 0.317 e. The Hall–Kier alpha value is -1.15. The fourth-order valence-corrected chi connectivity index (χ4v) is 3.73. The summed E-state index contributed by atoms with van der Waals surface area (Å²) in [6.07, 6.45) is -0.170. The first-order valence-corrected chi connectivity index (χ1v) is 8.62. The van der Waals surface area contributed by atoms with E-state index in [2.05, 4.69) is 0 Å². The number of nitrogens with zero attached hydrogens (tertiary/aromatic N) is 2. The van der Waals surface area contributed by atoms with Crippen LogP contribution in [0.5, 0.6) is 0 Å². The Bertz CT molecular complexity index is 565. The van der Waals surface area contributed by atoms with Crippen LogP contribution in [0.2, 0.25) is 4.34 Å². The Kier molecular flexibility index (Phi) is 6.41. The average molecular weight is 361 g/mol. The van der Waals surface area contributed by atoms with Crippen LogP contribution >= 0.6 is 22.9 Å². The minimum Gasteiger partial charge on any atom is -0.480 e. The second-order valence-electron chi connectivity index (χ2n) is 5.73. The van der Waals surface area contributed by atoms with Gasteiger partial charge < -0.3 is 14.7 Å². The van der Waals surface area contributed by atoms with Crippen LogP contribution < -0.4 is 0 Å². The molecule has 1 fully saturated rings. The molecular weight excluding hydrogens is 340 g/mol. The molecule has 1 aromatic rings. The summed E-state index contributed by atoms with van der Waals surface area (Å²) >= 11 is 7.36. The maximum absolute atomic E-state index is 12.6. The molecular formula is C15H21ClN2O4S. The SMILES string of the molecule is C[C@@H](C(=O)N1CCO[C@H](CN(C)CC(=O)O)C1)c1ccc(Cl)s1. The van der Waals surface area contributed by atoms with E-state index in [1.54, 1.807) is 22.9 Å². The van der Waals surface area contributed by atoms with Crippen LogP contribution in [0.15, 0.2) is 12.1 Å². The smallest absolute Gasteiger partial charge is 0.317 e. The van der Waals surface area contributed by atoms with Crippen LogP contribution in [0.3, 0.4) is 0 Å². The summed E-state index contributed by atoms with van der Waals surface area (Å²) in [4.78, 5) is 27.8. The lowest BCUT2D eigenvalue weighted by Gasteiger charge is -2.35. The lowest BCUT2D eigenvalue weighted by molar-refractivity contribution is -0.143. The molecule has 8 heteroatoms. The van der Waals surface area contributed by atoms with Gasteiger partial charge in [-0.1, -0.05) is 11.6 Å². The Labute approximate surface area is 144 Å². The van der Waals surface area contributed by atoms with Gasteiger partial charge in [-0.2, -0.15) is 0 Å². The van der Waals surface area contributed by atoms with E-state index in [-0.39, 0.29) is 24.5 Å². The number of thiophene rings is 1. The second-order valence-corrected chi connectivity index (χ2v) is 7.48. The summed E-state index contributed by atoms with van der Waals surface area (Å²) in [7, 11) is 1.73. The number of aliphatic carboxylic acids is 1. The predicted molar refractivity (Wildman–Crippen MR) is 89.2 cm³/mol. The number of amides is 1. The molecule has 0 radical (unpaired) electrons. The van der Waals surface area contributed by atoms with Crippen molar-refractivity contribution in [3.05, 3.63) is 21.3 Å². The van der Waals surface area contributed by atoms with E-state index in [0.29, 0.717) is 30.6 Å². The van der Waals surface area contributed by atoms with Crippen molar-refractivity contribution in [1.29, 1.82) is 0 Å². The summed E-state index contributed by atoms with van der Waals surface area (Å²) in [6, 6.07) is 3.68. The van der Waals surface area contributed by atoms with E-state index in [9.17, 15) is 9.59 Å². The summed E-state index contributed by atoms with van der Waals surface area (Å²) in [6.45, 7) is 3.82. The number of halogens is 1. The summed E-state index contributed by atoms with van der Waals surface area (Å²) in [5.74, 6) is -1.06. The van der Waals surface area contributed by atoms with E-state index in [1.165, 1.54) is 11.3 Å². The van der Waals surface area contributed by atoms with Gasteiger partial charge in [0.1, 0.15) is 0 Å². The van der Waals surface area contributed by atoms with Crippen LogP contribution in [-0.4, -0.2) is 72.7 Å². The third-order valence-electron chi connectivity index (χ3n) is 3.76. The third kappa shape index (κ3) is 5.17. The van der Waals surface area contributed by atoms with Crippen LogP contribution in [0.4, 0.5) is 0 Å². The van der Waals surface area contributed by atoms with E-state index in [1.807, 2.05) is 13.0 Å². The molecule has 0 spiro atoms. The number of ether oxygens (including phenoxy) is 1. The standard InChI is InChI=1S/C15H21ClN2O4S/c1-10(12-3-4-13(16)23-12)15(21)18-5-6-22-11(8-18)7-17(2)9-14(19)20/h3-4,10-11H,5-9H2,1-2H3,(H,19,20)/t10-,11-/m1/s1. The predicted octanol–water partition coefficient (Wildman–Crippen LogP) is 1.75. The van der Waals surface area contributed by atoms with Crippen LogP contribution in [0, 0.1) is 0 Å². The zero-order chi connectivity index (χ0) is 17.0. The number of hydrogen-bond donors (Lipinski definition) is 1. The van der Waals surface area contributed by atoms with Crippen LogP contribution in [0.1, 0.15) is 17.7 Å². The molecule has 0 saturated carbocycles. The number of morpholine rings is 1. The first kappa shape index (κ1) is 18.2. The largest absolute Gasteiger partial charge is 0.480 e. The van der Waals surface area contributed by atoms with Crippen molar-refractivity contribution < 1.29 is 19.4 Å². The quantitative estimate of drug-likeness (QED) is 0.837. The second kappa shape index (κ2) is 8.10. The van der Waals surface area contributed by atoms with E-state index >= 15 is 0 Å². The third-order valence-corrected chi connectivity index (χ3v) is 5.18. The van der Waals surface area contributed by atoms with Gasteiger partial charge in [-0.3, -0.25) is 14.5 Å². The highest BCUT2D eigenvalue weighted by Crippen LogP contribution is 2.29. The zero-order valence-corrected chi connectivity index (χ0v) is 14.8. The molecule has 0 unspecified atom stereocenters. The van der Waals surface area contributed by atoms with Gasteiger partial charge >= 0.3 is 5.97 Å². The molecule has 1 saturated heterocycles. The van der Waals surface area contributed by atoms with Crippen LogP contribution in [-0.2, 0) is 14.3 Å². The van der Waals surface area contributed by atoms with Crippen molar-refractivity contribution in [2.24, 2.45) is 0 Å². The first-order valence-electron chi connectivity index (χ1n) is 7.42. The molecule has 1 aliphatic rings. The summed E-state index contributed by atoms with van der Waals surface area (Å²) in [5.41, 5.74) is 0. The van der Waals surface area contributed by atoms with Gasteiger partial charge in [-0.25, -0.2) is 0 Å². The molecule has 2 rings (SSSR count). The number of rotatable bonds is 6. The van der Waals surface area contributed by atoms with E-state index in [0.717, 1.165) is 4.88 Å². The minimum atomic E-state index is -0.876. The highest BCUT2D eigenvalue weighted by molar-refractivity contribution is 7.16. The van der Waals surface area contributed by atoms with Gasteiger partial charge in [0, 0.05) is 24.5 Å². The lowest BCUT2D eigenvalue weighted by atomic mass is 10.1. The van der Waals surface area contributed by atoms with Crippen molar-refractivity contribution in [3.63, 3.8) is 0 Å². The molecule has 23 heavy (non-hydrogen) atoms. The fraction of sp³-hybridized carbons (Fsp3) is 0.600. The van der Waals surface area contributed by atoms with Gasteiger partial charge in [-0.15, -0.1) is 11.3 Å². The number of likely N-dealkylation sites (N-methyl/N-ethyl adjacent to an activating group) is 1. The highest BCUT2D eigenvalue weighted by Gasteiger charge is 2.29. The van der Waals surface area contributed by atoms with Gasteiger partial charge in [0.05, 0.1) is 29.5 Å². The van der Waals surface area contributed by atoms with Crippen LogP contribution in [0.25, 0.3) is 0 Å². The Morgan fingerprint density at radius 3 is 2.91 bits per heavy atom. The monoisotopic (exact) mass is 360 g/mol. The van der Waals surface area contributed by atoms with E-state index in [4.69, 9.17) is 21.4 Å². The first-order chi connectivity index (χ1) is 10.9. The van der Waals surface area contributed by atoms with Crippen molar-refractivity contribution in [3.8, 4) is 0 Å². The number of carbonyl (C=O) groups is 2. The van der Waals surface area contributed by atoms with Crippen molar-refractivity contribution in [2.45, 2.75) is 18.9 Å². The molecule has 2 atom stereocenters. The fourth-order valence-electron chi connectivity index (χ4n) is 2.63. The average Bonchev–Trinajstić information content (AvgIpc) is 2.91. The zero-order valence-electron chi connectivity index (χ0n) is 13.2. The van der Waals surface area contributed by atoms with Gasteiger partial charge in [0.25, 0.3) is 0 Å². The number of carbonyl (C=O) groups excluding carboxylic acids is 1. The molecule has 0 aliphatic carbocycles. The molecule has 0 aromatic carbocycles. The van der Waals surface area contributed by atoms with Crippen molar-refractivity contribution in [1.82, 2.24) is 9.80 Å². The maximum atomic E-state index is 12.6. The topological polar surface area (TPSA) is 70.1 Å².